The van der Waals surface area contributed by atoms with E-state index in [-0.39, 0.29) is 51.3 Å². The summed E-state index contributed by atoms with van der Waals surface area (Å²) in [6.07, 6.45) is 0. The van der Waals surface area contributed by atoms with Crippen LogP contribution in [-0.2, 0) is 5.41 Å². The fraction of sp³-hybridized carbons (Fsp3) is 0.400. The maximum absolute atomic E-state index is 13.0. The van der Waals surface area contributed by atoms with E-state index in [0.29, 0.717) is 0 Å². The van der Waals surface area contributed by atoms with Crippen LogP contribution in [0.4, 0.5) is 4.39 Å². The van der Waals surface area contributed by atoms with Crippen molar-refractivity contribution in [2.75, 3.05) is 0 Å². The molecule has 0 aliphatic carbocycles. The number of halogens is 2. The summed E-state index contributed by atoms with van der Waals surface area (Å²) in [5.41, 5.74) is 0.599. The minimum absolute atomic E-state index is 0. The normalized spacial score (nSPS) is 9.85. The van der Waals surface area contributed by atoms with Crippen LogP contribution in [0.3, 0.4) is 0 Å². The second-order valence-electron chi connectivity index (χ2n) is 3.65. The molecule has 0 bridgehead atoms. The van der Waals surface area contributed by atoms with Gasteiger partial charge in [-0.25, -0.2) is 4.39 Å². The summed E-state index contributed by atoms with van der Waals surface area (Å²) < 4.78 is 13.0. The molecule has 0 unspecified atom stereocenters. The molecule has 0 spiro atoms. The first kappa shape index (κ1) is 15.9. The third kappa shape index (κ3) is 4.43. The largest absolute Gasteiger partial charge is 2.00 e. The summed E-state index contributed by atoms with van der Waals surface area (Å²) in [7, 11) is 0. The molecular weight excluding hydrogens is 243 g/mol. The molecule has 0 atom stereocenters. The molecule has 68 valence electrons. The SMILES string of the molecule is CC(C)(C)c1ccc[c-]c1F.[Br-].[Mg+2]. The molecule has 13 heavy (non-hydrogen) atoms. The molecule has 0 aliphatic rings. The van der Waals surface area contributed by atoms with Crippen LogP contribution in [0.5, 0.6) is 0 Å². The third-order valence-corrected chi connectivity index (χ3v) is 1.61. The molecule has 0 heterocycles. The van der Waals surface area contributed by atoms with E-state index in [9.17, 15) is 4.39 Å². The molecule has 1 aromatic carbocycles. The first-order chi connectivity index (χ1) is 5.02. The Bertz CT molecular complexity index is 255. The Labute approximate surface area is 106 Å². The Morgan fingerprint density at radius 2 is 1.85 bits per heavy atom. The van der Waals surface area contributed by atoms with Crippen LogP contribution in [0.1, 0.15) is 26.3 Å². The van der Waals surface area contributed by atoms with E-state index in [0.717, 1.165) is 5.56 Å². The topological polar surface area (TPSA) is 0 Å². The van der Waals surface area contributed by atoms with Crippen molar-refractivity contribution in [2.45, 2.75) is 26.2 Å². The van der Waals surface area contributed by atoms with Gasteiger partial charge in [-0.05, 0) is 0 Å². The van der Waals surface area contributed by atoms with Gasteiger partial charge in [-0.2, -0.15) is 18.2 Å². The minimum atomic E-state index is -0.236. The van der Waals surface area contributed by atoms with Gasteiger partial charge in [-0.3, -0.25) is 0 Å². The maximum atomic E-state index is 13.0. The molecule has 0 aliphatic heterocycles. The Balaban J connectivity index is 0. The average molecular weight is 255 g/mol. The summed E-state index contributed by atoms with van der Waals surface area (Å²) in [5.74, 6) is -0.236. The number of benzene rings is 1. The quantitative estimate of drug-likeness (QED) is 0.435. The zero-order chi connectivity index (χ0) is 8.48. The van der Waals surface area contributed by atoms with E-state index in [2.05, 4.69) is 6.07 Å². The standard InChI is InChI=1S/C10H12F.BrH.Mg/c1-10(2,3)8-6-4-5-7-9(8)11;;/h4-6H,1-3H3;1H;/q-1;;+2/p-1. The van der Waals surface area contributed by atoms with Crippen LogP contribution >= 0.6 is 0 Å². The van der Waals surface area contributed by atoms with Crippen molar-refractivity contribution in [3.63, 3.8) is 0 Å². The van der Waals surface area contributed by atoms with E-state index < -0.39 is 0 Å². The van der Waals surface area contributed by atoms with Gasteiger partial charge in [0.1, 0.15) is 0 Å². The van der Waals surface area contributed by atoms with Crippen molar-refractivity contribution in [3.05, 3.63) is 35.6 Å². The van der Waals surface area contributed by atoms with Gasteiger partial charge in [0, 0.05) is 5.82 Å². The van der Waals surface area contributed by atoms with Crippen molar-refractivity contribution in [1.29, 1.82) is 0 Å². The van der Waals surface area contributed by atoms with E-state index >= 15 is 0 Å². The molecule has 1 rings (SSSR count). The van der Waals surface area contributed by atoms with Crippen LogP contribution in [-0.4, -0.2) is 23.1 Å². The van der Waals surface area contributed by atoms with Crippen LogP contribution in [0.15, 0.2) is 18.2 Å². The molecule has 0 saturated carbocycles. The molecule has 0 aromatic heterocycles. The van der Waals surface area contributed by atoms with E-state index in [1.807, 2.05) is 26.8 Å². The maximum Gasteiger partial charge on any atom is 2.00 e. The molecule has 1 aromatic rings. The number of hydrogen-bond donors (Lipinski definition) is 0. The van der Waals surface area contributed by atoms with Gasteiger partial charge in [0.2, 0.25) is 0 Å². The van der Waals surface area contributed by atoms with E-state index in [4.69, 9.17) is 0 Å². The van der Waals surface area contributed by atoms with Crippen LogP contribution in [0, 0.1) is 11.9 Å². The summed E-state index contributed by atoms with van der Waals surface area (Å²) in [6, 6.07) is 7.73. The molecule has 0 fully saturated rings. The fourth-order valence-electron chi connectivity index (χ4n) is 0.996. The summed E-state index contributed by atoms with van der Waals surface area (Å²) in [4.78, 5) is 0. The second-order valence-corrected chi connectivity index (χ2v) is 3.65. The Hall–Kier alpha value is 0.396. The monoisotopic (exact) mass is 254 g/mol. The van der Waals surface area contributed by atoms with Crippen molar-refractivity contribution < 1.29 is 21.4 Å². The Morgan fingerprint density at radius 3 is 2.15 bits per heavy atom. The van der Waals surface area contributed by atoms with Crippen LogP contribution in [0.2, 0.25) is 0 Å². The van der Waals surface area contributed by atoms with Crippen molar-refractivity contribution in [2.24, 2.45) is 0 Å². The van der Waals surface area contributed by atoms with Gasteiger partial charge >= 0.3 is 23.1 Å². The van der Waals surface area contributed by atoms with Crippen LogP contribution in [0.25, 0.3) is 0 Å². The van der Waals surface area contributed by atoms with Crippen LogP contribution < -0.4 is 17.0 Å². The zero-order valence-corrected chi connectivity index (χ0v) is 11.2. The van der Waals surface area contributed by atoms with E-state index in [1.54, 1.807) is 12.1 Å². The van der Waals surface area contributed by atoms with Gasteiger partial charge < -0.3 is 17.0 Å². The predicted octanol–water partition coefficient (Wildman–Crippen LogP) is -0.453. The molecule has 0 amide bonds. The minimum Gasteiger partial charge on any atom is -1.00 e. The smallest absolute Gasteiger partial charge is 1.00 e. The first-order valence-electron chi connectivity index (χ1n) is 3.68. The molecule has 0 N–H and O–H groups in total. The first-order valence-corrected chi connectivity index (χ1v) is 3.68. The third-order valence-electron chi connectivity index (χ3n) is 1.61. The van der Waals surface area contributed by atoms with Gasteiger partial charge in [0.25, 0.3) is 0 Å². The summed E-state index contributed by atoms with van der Waals surface area (Å²) in [6.45, 7) is 5.96. The van der Waals surface area contributed by atoms with E-state index in [1.165, 1.54) is 0 Å². The van der Waals surface area contributed by atoms with Gasteiger partial charge in [-0.15, -0.1) is 11.6 Å². The van der Waals surface area contributed by atoms with Gasteiger partial charge in [0.05, 0.1) is 0 Å². The predicted molar refractivity (Wildman–Crippen MR) is 49.7 cm³/mol. The molecular formula is C10H12BrFMg. The summed E-state index contributed by atoms with van der Waals surface area (Å²) in [5, 5.41) is 0. The number of rotatable bonds is 0. The average Bonchev–Trinajstić information content (AvgIpc) is 1.86. The zero-order valence-electron chi connectivity index (χ0n) is 8.20. The number of hydrogen-bond acceptors (Lipinski definition) is 0. The Morgan fingerprint density at radius 1 is 1.31 bits per heavy atom. The molecule has 3 heteroatoms. The van der Waals surface area contributed by atoms with Gasteiger partial charge in [-0.1, -0.05) is 26.2 Å². The molecule has 0 radical (unpaired) electrons. The van der Waals surface area contributed by atoms with Crippen molar-refractivity contribution in [3.8, 4) is 0 Å². The molecule has 0 nitrogen and oxygen atoms in total. The summed E-state index contributed by atoms with van der Waals surface area (Å²) >= 11 is 0. The van der Waals surface area contributed by atoms with Crippen molar-refractivity contribution >= 4 is 23.1 Å². The fourth-order valence-corrected chi connectivity index (χ4v) is 0.996. The second kappa shape index (κ2) is 5.99. The Kier molecular flexibility index (Phi) is 7.30. The van der Waals surface area contributed by atoms with Gasteiger partial charge in [0.15, 0.2) is 0 Å². The van der Waals surface area contributed by atoms with Crippen molar-refractivity contribution in [1.82, 2.24) is 0 Å². The molecule has 0 saturated heterocycles.